The molecule has 0 aliphatic rings. The third-order valence-corrected chi connectivity index (χ3v) is 3.21. The Hall–Kier alpha value is -1.58. The van der Waals surface area contributed by atoms with E-state index in [4.69, 9.17) is 5.73 Å². The van der Waals surface area contributed by atoms with Crippen LogP contribution in [0.25, 0.3) is 0 Å². The third-order valence-electron chi connectivity index (χ3n) is 3.21. The lowest BCUT2D eigenvalue weighted by Gasteiger charge is -2.30. The molecule has 1 rings (SSSR count). The molecule has 3 nitrogen and oxygen atoms in total. The molecule has 1 aromatic rings. The Balaban J connectivity index is 3.44. The largest absolute Gasteiger partial charge is 0.481 e. The highest BCUT2D eigenvalue weighted by Gasteiger charge is 2.40. The number of anilines is 1. The van der Waals surface area contributed by atoms with Gasteiger partial charge in [0.25, 0.3) is 0 Å². The van der Waals surface area contributed by atoms with Crippen LogP contribution in [0.15, 0.2) is 18.2 Å². The minimum atomic E-state index is -1.17. The number of nitrogen functional groups attached to an aromatic ring is 1. The summed E-state index contributed by atoms with van der Waals surface area (Å²) in [5, 5.41) is 9.29. The molecular formula is C12H16FNO2. The van der Waals surface area contributed by atoms with Gasteiger partial charge >= 0.3 is 5.97 Å². The molecule has 4 heteroatoms. The summed E-state index contributed by atoms with van der Waals surface area (Å²) < 4.78 is 13.3. The molecule has 1 unspecified atom stereocenters. The van der Waals surface area contributed by atoms with Gasteiger partial charge in [0.1, 0.15) is 5.82 Å². The van der Waals surface area contributed by atoms with E-state index in [1.165, 1.54) is 12.1 Å². The van der Waals surface area contributed by atoms with Gasteiger partial charge in [0.2, 0.25) is 0 Å². The van der Waals surface area contributed by atoms with E-state index in [1.54, 1.807) is 26.8 Å². The Labute approximate surface area is 94.1 Å². The van der Waals surface area contributed by atoms with Gasteiger partial charge in [-0.15, -0.1) is 0 Å². The number of rotatable bonds is 3. The van der Waals surface area contributed by atoms with E-state index in [2.05, 4.69) is 0 Å². The minimum absolute atomic E-state index is 0.0823. The first-order valence-corrected chi connectivity index (χ1v) is 5.09. The third kappa shape index (κ3) is 1.75. The number of halogens is 1. The number of para-hydroxylation sites is 1. The molecule has 0 heterocycles. The van der Waals surface area contributed by atoms with Gasteiger partial charge in [0.05, 0.1) is 11.1 Å². The summed E-state index contributed by atoms with van der Waals surface area (Å²) in [4.78, 5) is 11.3. The zero-order valence-electron chi connectivity index (χ0n) is 9.62. The van der Waals surface area contributed by atoms with Gasteiger partial charge in [-0.2, -0.15) is 0 Å². The van der Waals surface area contributed by atoms with Gasteiger partial charge in [-0.25, -0.2) is 4.39 Å². The molecule has 0 aliphatic heterocycles. The van der Waals surface area contributed by atoms with Crippen molar-refractivity contribution in [3.63, 3.8) is 0 Å². The zero-order valence-corrected chi connectivity index (χ0v) is 9.62. The van der Waals surface area contributed by atoms with Crippen LogP contribution in [0.2, 0.25) is 0 Å². The van der Waals surface area contributed by atoms with Crippen molar-refractivity contribution in [3.8, 4) is 0 Å². The summed E-state index contributed by atoms with van der Waals surface area (Å²) in [5.74, 6) is -1.76. The molecule has 0 saturated carbocycles. The molecule has 0 fully saturated rings. The normalized spacial score (nSPS) is 14.8. The lowest BCUT2D eigenvalue weighted by Crippen LogP contribution is -2.38. The number of carboxylic acids is 1. The number of carbonyl (C=O) groups is 1. The van der Waals surface area contributed by atoms with Gasteiger partial charge < -0.3 is 10.8 Å². The van der Waals surface area contributed by atoms with Gasteiger partial charge in [0.15, 0.2) is 0 Å². The summed E-state index contributed by atoms with van der Waals surface area (Å²) in [6, 6.07) is 4.26. The van der Waals surface area contributed by atoms with Crippen molar-refractivity contribution in [3.05, 3.63) is 29.6 Å². The molecule has 16 heavy (non-hydrogen) atoms. The quantitative estimate of drug-likeness (QED) is 0.776. The molecule has 88 valence electrons. The fourth-order valence-electron chi connectivity index (χ4n) is 1.66. The summed E-state index contributed by atoms with van der Waals surface area (Å²) in [7, 11) is 0. The highest BCUT2D eigenvalue weighted by Crippen LogP contribution is 2.36. The molecule has 0 bridgehead atoms. The van der Waals surface area contributed by atoms with Crippen LogP contribution < -0.4 is 5.73 Å². The van der Waals surface area contributed by atoms with Crippen LogP contribution in [0.4, 0.5) is 10.1 Å². The second kappa shape index (κ2) is 4.12. The molecule has 1 aromatic carbocycles. The molecule has 1 atom stereocenters. The van der Waals surface area contributed by atoms with Crippen molar-refractivity contribution in [2.45, 2.75) is 26.2 Å². The summed E-state index contributed by atoms with van der Waals surface area (Å²) in [6.07, 6.45) is 0. The van der Waals surface area contributed by atoms with Crippen LogP contribution in [0.3, 0.4) is 0 Å². The number of carboxylic acid groups (broad SMARTS) is 1. The lowest BCUT2D eigenvalue weighted by molar-refractivity contribution is -0.144. The van der Waals surface area contributed by atoms with Crippen LogP contribution in [0, 0.1) is 11.7 Å². The van der Waals surface area contributed by atoms with Crippen molar-refractivity contribution in [1.29, 1.82) is 0 Å². The molecule has 0 aliphatic carbocycles. The molecule has 0 aromatic heterocycles. The van der Waals surface area contributed by atoms with Crippen LogP contribution in [0.5, 0.6) is 0 Å². The predicted octanol–water partition coefficient (Wildman–Crippen LogP) is 2.41. The topological polar surface area (TPSA) is 63.3 Å². The first kappa shape index (κ1) is 12.5. The van der Waals surface area contributed by atoms with Gasteiger partial charge in [-0.3, -0.25) is 4.79 Å². The molecule has 0 radical (unpaired) electrons. The maximum atomic E-state index is 13.3. The van der Waals surface area contributed by atoms with Crippen LogP contribution in [-0.4, -0.2) is 11.1 Å². The average molecular weight is 225 g/mol. The fourth-order valence-corrected chi connectivity index (χ4v) is 1.66. The van der Waals surface area contributed by atoms with E-state index >= 15 is 0 Å². The highest BCUT2D eigenvalue weighted by atomic mass is 19.1. The average Bonchev–Trinajstić information content (AvgIpc) is 2.20. The highest BCUT2D eigenvalue weighted by molar-refractivity contribution is 5.83. The standard InChI is InChI=1S/C12H16FNO2/c1-7(2)12(3,11(15)16)8-5-4-6-9(13)10(8)14/h4-7H,14H2,1-3H3,(H,15,16). The summed E-state index contributed by atoms with van der Waals surface area (Å²) in [6.45, 7) is 5.11. The summed E-state index contributed by atoms with van der Waals surface area (Å²) >= 11 is 0. The van der Waals surface area contributed by atoms with Crippen LogP contribution >= 0.6 is 0 Å². The maximum Gasteiger partial charge on any atom is 0.314 e. The maximum absolute atomic E-state index is 13.3. The smallest absolute Gasteiger partial charge is 0.314 e. The molecule has 3 N–H and O–H groups in total. The SMILES string of the molecule is CC(C)C(C)(C(=O)O)c1cccc(F)c1N. The van der Waals surface area contributed by atoms with Gasteiger partial charge in [-0.1, -0.05) is 26.0 Å². The van der Waals surface area contributed by atoms with Crippen molar-refractivity contribution < 1.29 is 14.3 Å². The number of hydrogen-bond acceptors (Lipinski definition) is 2. The number of benzene rings is 1. The Morgan fingerprint density at radius 3 is 2.50 bits per heavy atom. The van der Waals surface area contributed by atoms with E-state index in [0.29, 0.717) is 5.56 Å². The first-order valence-electron chi connectivity index (χ1n) is 5.09. The number of hydrogen-bond donors (Lipinski definition) is 2. The second-order valence-corrected chi connectivity index (χ2v) is 4.36. The van der Waals surface area contributed by atoms with Crippen molar-refractivity contribution in [2.24, 2.45) is 5.92 Å². The van der Waals surface area contributed by atoms with E-state index < -0.39 is 17.2 Å². The van der Waals surface area contributed by atoms with Crippen LogP contribution in [-0.2, 0) is 10.2 Å². The van der Waals surface area contributed by atoms with E-state index in [0.717, 1.165) is 0 Å². The molecular weight excluding hydrogens is 209 g/mol. The minimum Gasteiger partial charge on any atom is -0.481 e. The van der Waals surface area contributed by atoms with Gasteiger partial charge in [0, 0.05) is 0 Å². The number of nitrogens with two attached hydrogens (primary N) is 1. The Bertz CT molecular complexity index is 417. The van der Waals surface area contributed by atoms with E-state index in [1.807, 2.05) is 0 Å². The summed E-state index contributed by atoms with van der Waals surface area (Å²) in [5.41, 5.74) is 4.68. The van der Waals surface area contributed by atoms with E-state index in [9.17, 15) is 14.3 Å². The molecule has 0 spiro atoms. The Morgan fingerprint density at radius 2 is 2.06 bits per heavy atom. The monoisotopic (exact) mass is 225 g/mol. The van der Waals surface area contributed by atoms with Crippen molar-refractivity contribution >= 4 is 11.7 Å². The first-order chi connectivity index (χ1) is 7.31. The van der Waals surface area contributed by atoms with Crippen molar-refractivity contribution in [1.82, 2.24) is 0 Å². The zero-order chi connectivity index (χ0) is 12.5. The van der Waals surface area contributed by atoms with Crippen LogP contribution in [0.1, 0.15) is 26.3 Å². The second-order valence-electron chi connectivity index (χ2n) is 4.36. The predicted molar refractivity (Wildman–Crippen MR) is 60.6 cm³/mol. The number of aliphatic carboxylic acids is 1. The fraction of sp³-hybridized carbons (Fsp3) is 0.417. The van der Waals surface area contributed by atoms with Crippen molar-refractivity contribution in [2.75, 3.05) is 5.73 Å². The van der Waals surface area contributed by atoms with E-state index in [-0.39, 0.29) is 11.6 Å². The molecule has 0 saturated heterocycles. The molecule has 0 amide bonds. The Kier molecular flexibility index (Phi) is 3.21. The van der Waals surface area contributed by atoms with Gasteiger partial charge in [-0.05, 0) is 24.5 Å². The lowest BCUT2D eigenvalue weighted by atomic mass is 9.73. The Morgan fingerprint density at radius 1 is 1.50 bits per heavy atom.